The molecule has 0 fully saturated rings. The first-order valence-electron chi connectivity index (χ1n) is 10.7. The van der Waals surface area contributed by atoms with E-state index in [-0.39, 0.29) is 34.3 Å². The van der Waals surface area contributed by atoms with Gasteiger partial charge in [-0.2, -0.15) is 23.5 Å². The molecule has 0 atom stereocenters. The maximum absolute atomic E-state index is 14.1. The number of halogens is 4. The number of anilines is 1. The molecule has 12 heteroatoms. The molecule has 0 unspecified atom stereocenters. The number of nitriles is 1. The Morgan fingerprint density at radius 2 is 1.81 bits per heavy atom. The van der Waals surface area contributed by atoms with Crippen molar-refractivity contribution >= 4 is 28.4 Å². The fourth-order valence-electron chi connectivity index (χ4n) is 3.76. The van der Waals surface area contributed by atoms with Gasteiger partial charge in [0.1, 0.15) is 11.5 Å². The van der Waals surface area contributed by atoms with Crippen molar-refractivity contribution in [3.05, 3.63) is 87.6 Å². The number of carbonyl (C=O) groups is 2. The highest BCUT2D eigenvalue weighted by Crippen LogP contribution is 2.36. The molecule has 4 aromatic rings. The number of nitrogens with two attached hydrogens (primary N) is 1. The molecule has 2 aromatic heterocycles. The van der Waals surface area contributed by atoms with Crippen LogP contribution in [0.15, 0.2) is 42.5 Å². The average molecular weight is 510 g/mol. The van der Waals surface area contributed by atoms with Crippen molar-refractivity contribution < 1.29 is 27.2 Å². The monoisotopic (exact) mass is 510 g/mol. The van der Waals surface area contributed by atoms with Crippen molar-refractivity contribution in [1.29, 1.82) is 5.26 Å². The fraction of sp³-hybridized carbons (Fsp3) is 0.160. The van der Waals surface area contributed by atoms with Crippen LogP contribution in [0, 0.1) is 31.0 Å². The third kappa shape index (κ3) is 4.97. The van der Waals surface area contributed by atoms with E-state index in [4.69, 9.17) is 11.0 Å². The van der Waals surface area contributed by atoms with Crippen LogP contribution < -0.4 is 11.1 Å². The Labute approximate surface area is 207 Å². The molecule has 0 aliphatic heterocycles. The summed E-state index contributed by atoms with van der Waals surface area (Å²) < 4.78 is 56.6. The molecule has 0 saturated carbocycles. The number of nitrogens with zero attached hydrogens (tertiary/aromatic N) is 4. The Morgan fingerprint density at radius 1 is 1.14 bits per heavy atom. The Morgan fingerprint density at radius 3 is 2.41 bits per heavy atom. The summed E-state index contributed by atoms with van der Waals surface area (Å²) in [7, 11) is 0. The first-order chi connectivity index (χ1) is 17.4. The van der Waals surface area contributed by atoms with Gasteiger partial charge < -0.3 is 11.1 Å². The Bertz CT molecular complexity index is 1600. The van der Waals surface area contributed by atoms with Gasteiger partial charge in [0, 0.05) is 11.5 Å². The van der Waals surface area contributed by atoms with Gasteiger partial charge in [-0.3, -0.25) is 14.3 Å². The van der Waals surface area contributed by atoms with Gasteiger partial charge in [-0.25, -0.2) is 9.37 Å². The molecule has 37 heavy (non-hydrogen) atoms. The van der Waals surface area contributed by atoms with Crippen LogP contribution in [-0.4, -0.2) is 26.6 Å². The first kappa shape index (κ1) is 25.3. The molecule has 0 saturated heterocycles. The van der Waals surface area contributed by atoms with E-state index in [0.717, 1.165) is 16.8 Å². The minimum atomic E-state index is -4.90. The molecule has 188 valence electrons. The topological polar surface area (TPSA) is 127 Å². The zero-order valence-electron chi connectivity index (χ0n) is 19.4. The smallest absolute Gasteiger partial charge is 0.366 e. The predicted octanol–water partition coefficient (Wildman–Crippen LogP) is 4.48. The second-order valence-electron chi connectivity index (χ2n) is 8.27. The first-order valence-corrected chi connectivity index (χ1v) is 10.7. The molecule has 0 spiro atoms. The van der Waals surface area contributed by atoms with Gasteiger partial charge in [0.15, 0.2) is 5.69 Å². The summed E-state index contributed by atoms with van der Waals surface area (Å²) in [6, 6.07) is 11.6. The van der Waals surface area contributed by atoms with Crippen LogP contribution >= 0.6 is 0 Å². The number of rotatable bonds is 5. The van der Waals surface area contributed by atoms with Gasteiger partial charge in [-0.1, -0.05) is 12.1 Å². The fourth-order valence-corrected chi connectivity index (χ4v) is 3.76. The quantitative estimate of drug-likeness (QED) is 0.383. The van der Waals surface area contributed by atoms with Gasteiger partial charge in [0.05, 0.1) is 40.6 Å². The van der Waals surface area contributed by atoms with Crippen LogP contribution in [0.5, 0.6) is 0 Å². The van der Waals surface area contributed by atoms with E-state index in [9.17, 15) is 27.2 Å². The maximum Gasteiger partial charge on any atom is 0.437 e. The lowest BCUT2D eigenvalue weighted by atomic mass is 10.0. The largest absolute Gasteiger partial charge is 0.437 e. The predicted molar refractivity (Wildman–Crippen MR) is 125 cm³/mol. The number of fused-ring (bicyclic) bond motifs is 1. The Balaban J connectivity index is 1.74. The number of hydrogen-bond acceptors (Lipinski definition) is 5. The van der Waals surface area contributed by atoms with Crippen LogP contribution in [0.3, 0.4) is 0 Å². The number of pyridine rings is 1. The molecule has 0 bridgehead atoms. The summed E-state index contributed by atoms with van der Waals surface area (Å²) in [6.07, 6.45) is -4.90. The highest BCUT2D eigenvalue weighted by molar-refractivity contribution is 6.10. The second kappa shape index (κ2) is 9.34. The number of carbonyl (C=O) groups excluding carboxylic acids is 2. The molecule has 8 nitrogen and oxygen atoms in total. The van der Waals surface area contributed by atoms with E-state index < -0.39 is 40.9 Å². The molecule has 2 aromatic carbocycles. The summed E-state index contributed by atoms with van der Waals surface area (Å²) in [5.41, 5.74) is 4.05. The van der Waals surface area contributed by atoms with Crippen molar-refractivity contribution in [3.8, 4) is 6.07 Å². The number of nitrogens with one attached hydrogen (secondary N) is 1. The molecule has 0 aliphatic rings. The van der Waals surface area contributed by atoms with Gasteiger partial charge >= 0.3 is 6.18 Å². The van der Waals surface area contributed by atoms with Crippen LogP contribution in [0.25, 0.3) is 10.9 Å². The standard InChI is InChI=1S/C25H18F4N6O2/c1-12-7-16-17(23(31)36)8-20(32-19(16)9-18(12)26)24(37)33-21-13(2)35(34-22(21)25(27,28)29)11-15-5-3-14(10-30)4-6-15/h3-9H,11H2,1-2H3,(H2,31,36)(H,33,37). The highest BCUT2D eigenvalue weighted by Gasteiger charge is 2.39. The zero-order chi connectivity index (χ0) is 27.1. The number of alkyl halides is 3. The SMILES string of the molecule is Cc1cc2c(C(N)=O)cc(C(=O)Nc3c(C(F)(F)F)nn(Cc4ccc(C#N)cc4)c3C)nc2cc1F. The summed E-state index contributed by atoms with van der Waals surface area (Å²) in [4.78, 5) is 29.0. The van der Waals surface area contributed by atoms with E-state index >= 15 is 0 Å². The normalized spacial score (nSPS) is 11.4. The molecule has 0 aliphatic carbocycles. The lowest BCUT2D eigenvalue weighted by molar-refractivity contribution is -0.140. The van der Waals surface area contributed by atoms with E-state index in [0.29, 0.717) is 11.1 Å². The number of aromatic nitrogens is 3. The molecule has 4 rings (SSSR count). The molecule has 0 radical (unpaired) electrons. The molecule has 3 N–H and O–H groups in total. The molecular weight excluding hydrogens is 492 g/mol. The van der Waals surface area contributed by atoms with Crippen molar-refractivity contribution in [3.63, 3.8) is 0 Å². The third-order valence-corrected chi connectivity index (χ3v) is 5.72. The minimum absolute atomic E-state index is 0.00242. The summed E-state index contributed by atoms with van der Waals surface area (Å²) in [5, 5.41) is 15.0. The van der Waals surface area contributed by atoms with Gasteiger partial charge in [-0.05, 0) is 49.2 Å². The zero-order valence-corrected chi connectivity index (χ0v) is 19.4. The van der Waals surface area contributed by atoms with Crippen LogP contribution in [0.4, 0.5) is 23.2 Å². The van der Waals surface area contributed by atoms with Crippen molar-refractivity contribution in [2.45, 2.75) is 26.6 Å². The number of amides is 2. The lowest BCUT2D eigenvalue weighted by Gasteiger charge is -2.11. The van der Waals surface area contributed by atoms with Gasteiger partial charge in [0.25, 0.3) is 5.91 Å². The van der Waals surface area contributed by atoms with Crippen molar-refractivity contribution in [2.75, 3.05) is 5.32 Å². The average Bonchev–Trinajstić information content (AvgIpc) is 3.15. The van der Waals surface area contributed by atoms with E-state index in [1.807, 2.05) is 6.07 Å². The molecule has 2 heterocycles. The van der Waals surface area contributed by atoms with Gasteiger partial charge in [0.2, 0.25) is 5.91 Å². The van der Waals surface area contributed by atoms with Gasteiger partial charge in [-0.15, -0.1) is 0 Å². The number of benzene rings is 2. The lowest BCUT2D eigenvalue weighted by Crippen LogP contribution is -2.20. The number of aryl methyl sites for hydroxylation is 1. The summed E-state index contributed by atoms with van der Waals surface area (Å²) in [5.74, 6) is -2.64. The van der Waals surface area contributed by atoms with E-state index in [1.54, 1.807) is 12.1 Å². The summed E-state index contributed by atoms with van der Waals surface area (Å²) >= 11 is 0. The maximum atomic E-state index is 14.1. The summed E-state index contributed by atoms with van der Waals surface area (Å²) in [6.45, 7) is 2.76. The Kier molecular flexibility index (Phi) is 6.39. The van der Waals surface area contributed by atoms with Crippen LogP contribution in [-0.2, 0) is 12.7 Å². The van der Waals surface area contributed by atoms with Crippen LogP contribution in [0.1, 0.15) is 48.9 Å². The van der Waals surface area contributed by atoms with E-state index in [2.05, 4.69) is 15.4 Å². The Hall–Kier alpha value is -4.79. The van der Waals surface area contributed by atoms with Crippen molar-refractivity contribution in [2.24, 2.45) is 5.73 Å². The minimum Gasteiger partial charge on any atom is -0.366 e. The van der Waals surface area contributed by atoms with Crippen LogP contribution in [0.2, 0.25) is 0 Å². The molecular formula is C25H18F4N6O2. The van der Waals surface area contributed by atoms with Crippen molar-refractivity contribution in [1.82, 2.24) is 14.8 Å². The third-order valence-electron chi connectivity index (χ3n) is 5.72. The highest BCUT2D eigenvalue weighted by atomic mass is 19.4. The van der Waals surface area contributed by atoms with E-state index in [1.165, 1.54) is 32.0 Å². The number of hydrogen-bond donors (Lipinski definition) is 2. The second-order valence-corrected chi connectivity index (χ2v) is 8.27. The number of primary amides is 1. The molecule has 2 amide bonds.